The molecule has 17 heavy (non-hydrogen) atoms. The van der Waals surface area contributed by atoms with Crippen LogP contribution in [0, 0.1) is 6.92 Å². The van der Waals surface area contributed by atoms with Crippen molar-refractivity contribution in [1.29, 1.82) is 0 Å². The minimum atomic E-state index is -0.891. The fourth-order valence-electron chi connectivity index (χ4n) is 1.81. The van der Waals surface area contributed by atoms with Crippen molar-refractivity contribution in [3.63, 3.8) is 0 Å². The molecule has 1 rings (SSSR count). The molecule has 0 amide bonds. The molecule has 0 spiro atoms. The second-order valence-electron chi connectivity index (χ2n) is 4.49. The maximum absolute atomic E-state index is 12.1. The van der Waals surface area contributed by atoms with Crippen molar-refractivity contribution in [1.82, 2.24) is 0 Å². The molecule has 0 aliphatic carbocycles. The zero-order valence-electron chi connectivity index (χ0n) is 10.9. The number of aryl methyl sites for hydroxylation is 1. The highest BCUT2D eigenvalue weighted by Gasteiger charge is 2.07. The summed E-state index contributed by atoms with van der Waals surface area (Å²) in [5.41, 5.74) is 7.50. The van der Waals surface area contributed by atoms with Crippen molar-refractivity contribution in [2.45, 2.75) is 50.8 Å². The first-order valence-corrected chi connectivity index (χ1v) is 7.71. The highest BCUT2D eigenvalue weighted by atomic mass is 32.2. The summed E-state index contributed by atoms with van der Waals surface area (Å²) in [6.45, 7) is 4.19. The first-order chi connectivity index (χ1) is 8.15. The maximum atomic E-state index is 12.1. The molecule has 1 aromatic rings. The molecule has 96 valence electrons. The summed E-state index contributed by atoms with van der Waals surface area (Å²) < 4.78 is 12.1. The van der Waals surface area contributed by atoms with Gasteiger partial charge in [0.15, 0.2) is 0 Å². The molecule has 1 atom stereocenters. The van der Waals surface area contributed by atoms with E-state index in [2.05, 4.69) is 6.92 Å². The quantitative estimate of drug-likeness (QED) is 0.595. The van der Waals surface area contributed by atoms with Crippen molar-refractivity contribution in [3.05, 3.63) is 23.8 Å². The summed E-state index contributed by atoms with van der Waals surface area (Å²) in [6.07, 6.45) is 6.01. The van der Waals surface area contributed by atoms with Crippen molar-refractivity contribution in [3.8, 4) is 0 Å². The fraction of sp³-hybridized carbons (Fsp3) is 0.571. The van der Waals surface area contributed by atoms with Crippen LogP contribution in [0.2, 0.25) is 0 Å². The Morgan fingerprint density at radius 3 is 2.59 bits per heavy atom. The third kappa shape index (κ3) is 4.90. The molecule has 0 saturated heterocycles. The van der Waals surface area contributed by atoms with Gasteiger partial charge in [0.2, 0.25) is 0 Å². The van der Waals surface area contributed by atoms with Crippen LogP contribution in [-0.2, 0) is 10.8 Å². The largest absolute Gasteiger partial charge is 0.399 e. The highest BCUT2D eigenvalue weighted by Crippen LogP contribution is 2.18. The van der Waals surface area contributed by atoms with Crippen LogP contribution in [-0.4, -0.2) is 9.96 Å². The van der Waals surface area contributed by atoms with E-state index in [0.29, 0.717) is 5.69 Å². The van der Waals surface area contributed by atoms with Crippen LogP contribution in [0.5, 0.6) is 0 Å². The fourth-order valence-corrected chi connectivity index (χ4v) is 3.19. The van der Waals surface area contributed by atoms with Gasteiger partial charge >= 0.3 is 0 Å². The molecule has 2 nitrogen and oxygen atoms in total. The van der Waals surface area contributed by atoms with E-state index in [1.165, 1.54) is 25.7 Å². The smallest absolute Gasteiger partial charge is 0.0532 e. The number of nitrogens with two attached hydrogens (primary N) is 1. The Morgan fingerprint density at radius 1 is 1.18 bits per heavy atom. The molecule has 1 unspecified atom stereocenters. The lowest BCUT2D eigenvalue weighted by atomic mass is 10.2. The Morgan fingerprint density at radius 2 is 1.88 bits per heavy atom. The van der Waals surface area contributed by atoms with Gasteiger partial charge in [-0.05, 0) is 31.0 Å². The lowest BCUT2D eigenvalue weighted by molar-refractivity contribution is 0.647. The van der Waals surface area contributed by atoms with E-state index in [9.17, 15) is 4.21 Å². The molecular formula is C14H23NOS. The summed E-state index contributed by atoms with van der Waals surface area (Å²) in [5, 5.41) is 0. The zero-order valence-corrected chi connectivity index (χ0v) is 11.7. The van der Waals surface area contributed by atoms with Crippen molar-refractivity contribution in [2.75, 3.05) is 11.5 Å². The van der Waals surface area contributed by atoms with Crippen LogP contribution in [0.3, 0.4) is 0 Å². The predicted molar refractivity (Wildman–Crippen MR) is 75.6 cm³/mol. The SMILES string of the molecule is CCCCCCCS(=O)c1cc(N)ccc1C. The van der Waals surface area contributed by atoms with E-state index in [0.717, 1.165) is 22.6 Å². The van der Waals surface area contributed by atoms with Gasteiger partial charge < -0.3 is 5.73 Å². The molecule has 0 aliphatic heterocycles. The number of nitrogen functional groups attached to an aromatic ring is 1. The molecule has 1 aromatic carbocycles. The van der Waals surface area contributed by atoms with Crippen LogP contribution in [0.25, 0.3) is 0 Å². The molecular weight excluding hydrogens is 230 g/mol. The summed E-state index contributed by atoms with van der Waals surface area (Å²) >= 11 is 0. The molecule has 0 radical (unpaired) electrons. The standard InChI is InChI=1S/C14H23NOS/c1-3-4-5-6-7-10-17(16)14-11-13(15)9-8-12(14)2/h8-9,11H,3-7,10,15H2,1-2H3. The molecule has 0 fully saturated rings. The number of hydrogen-bond donors (Lipinski definition) is 1. The molecule has 0 saturated carbocycles. The number of hydrogen-bond acceptors (Lipinski definition) is 2. The Labute approximate surface area is 107 Å². The average molecular weight is 253 g/mol. The summed E-state index contributed by atoms with van der Waals surface area (Å²) in [6, 6.07) is 5.65. The zero-order chi connectivity index (χ0) is 12.7. The highest BCUT2D eigenvalue weighted by molar-refractivity contribution is 7.85. The normalized spacial score (nSPS) is 12.6. The Bertz CT molecular complexity index is 376. The number of anilines is 1. The predicted octanol–water partition coefficient (Wildman–Crippen LogP) is 3.66. The van der Waals surface area contributed by atoms with Gasteiger partial charge in [0, 0.05) is 16.3 Å². The lowest BCUT2D eigenvalue weighted by Gasteiger charge is -2.07. The van der Waals surface area contributed by atoms with Crippen molar-refractivity contribution < 1.29 is 4.21 Å². The third-order valence-corrected chi connectivity index (χ3v) is 4.48. The van der Waals surface area contributed by atoms with E-state index in [1.807, 2.05) is 25.1 Å². The average Bonchev–Trinajstić information content (AvgIpc) is 2.32. The minimum Gasteiger partial charge on any atom is -0.399 e. The number of benzene rings is 1. The third-order valence-electron chi connectivity index (χ3n) is 2.89. The molecule has 0 aromatic heterocycles. The molecule has 2 N–H and O–H groups in total. The minimum absolute atomic E-state index is 0.699. The van der Waals surface area contributed by atoms with Gasteiger partial charge in [0.25, 0.3) is 0 Å². The van der Waals surface area contributed by atoms with Crippen LogP contribution in [0.4, 0.5) is 5.69 Å². The lowest BCUT2D eigenvalue weighted by Crippen LogP contribution is -2.01. The first kappa shape index (κ1) is 14.2. The maximum Gasteiger partial charge on any atom is 0.0532 e. The Balaban J connectivity index is 2.44. The van der Waals surface area contributed by atoms with E-state index < -0.39 is 10.8 Å². The van der Waals surface area contributed by atoms with E-state index >= 15 is 0 Å². The van der Waals surface area contributed by atoms with E-state index in [4.69, 9.17) is 5.73 Å². The second kappa shape index (κ2) is 7.49. The van der Waals surface area contributed by atoms with Gasteiger partial charge in [0.1, 0.15) is 0 Å². The van der Waals surface area contributed by atoms with Gasteiger partial charge in [-0.1, -0.05) is 38.7 Å². The molecule has 0 aliphatic rings. The van der Waals surface area contributed by atoms with E-state index in [1.54, 1.807) is 0 Å². The second-order valence-corrected chi connectivity index (χ2v) is 6.03. The van der Waals surface area contributed by atoms with Crippen LogP contribution >= 0.6 is 0 Å². The van der Waals surface area contributed by atoms with Crippen molar-refractivity contribution in [2.24, 2.45) is 0 Å². The number of rotatable bonds is 7. The first-order valence-electron chi connectivity index (χ1n) is 6.39. The van der Waals surface area contributed by atoms with Crippen LogP contribution < -0.4 is 5.73 Å². The van der Waals surface area contributed by atoms with Gasteiger partial charge in [-0.3, -0.25) is 4.21 Å². The molecule has 0 heterocycles. The van der Waals surface area contributed by atoms with Gasteiger partial charge in [-0.15, -0.1) is 0 Å². The monoisotopic (exact) mass is 253 g/mol. The summed E-state index contributed by atoms with van der Waals surface area (Å²) in [7, 11) is -0.891. The van der Waals surface area contributed by atoms with Gasteiger partial charge in [-0.25, -0.2) is 0 Å². The molecule has 3 heteroatoms. The number of unbranched alkanes of at least 4 members (excludes halogenated alkanes) is 4. The van der Waals surface area contributed by atoms with E-state index in [-0.39, 0.29) is 0 Å². The molecule has 0 bridgehead atoms. The van der Waals surface area contributed by atoms with Crippen LogP contribution in [0.15, 0.2) is 23.1 Å². The van der Waals surface area contributed by atoms with Gasteiger partial charge in [-0.2, -0.15) is 0 Å². The van der Waals surface area contributed by atoms with Gasteiger partial charge in [0.05, 0.1) is 10.8 Å². The topological polar surface area (TPSA) is 43.1 Å². The Hall–Kier alpha value is -0.830. The Kier molecular flexibility index (Phi) is 6.27. The summed E-state index contributed by atoms with van der Waals surface area (Å²) in [4.78, 5) is 0.903. The van der Waals surface area contributed by atoms with Crippen LogP contribution in [0.1, 0.15) is 44.6 Å². The summed E-state index contributed by atoms with van der Waals surface area (Å²) in [5.74, 6) is 0.758. The van der Waals surface area contributed by atoms with Crippen molar-refractivity contribution >= 4 is 16.5 Å².